The van der Waals surface area contributed by atoms with Crippen LogP contribution in [0.4, 0.5) is 0 Å². The zero-order valence-electron chi connectivity index (χ0n) is 8.41. The maximum Gasteiger partial charge on any atom is 0.317 e. The van der Waals surface area contributed by atoms with E-state index in [1.54, 1.807) is 12.4 Å². The number of nitrogens with zero attached hydrogens (tertiary/aromatic N) is 2. The van der Waals surface area contributed by atoms with Crippen LogP contribution in [-0.4, -0.2) is 27.6 Å². The predicted molar refractivity (Wildman–Crippen MR) is 63.5 cm³/mol. The van der Waals surface area contributed by atoms with E-state index < -0.39 is 5.97 Å². The third-order valence-corrected chi connectivity index (χ3v) is 1.55. The highest BCUT2D eigenvalue weighted by atomic mass is 35.5. The number of rotatable bonds is 1. The fraction of sp³-hybridized carbons (Fsp3) is 0.100. The molecule has 0 unspecified atom stereocenters. The summed E-state index contributed by atoms with van der Waals surface area (Å²) in [4.78, 5) is 17.5. The van der Waals surface area contributed by atoms with E-state index >= 15 is 0 Å². The molecule has 0 bridgehead atoms. The minimum absolute atomic E-state index is 0. The summed E-state index contributed by atoms with van der Waals surface area (Å²) < 4.78 is 0. The van der Waals surface area contributed by atoms with Crippen LogP contribution in [0.1, 0.15) is 0 Å². The Balaban J connectivity index is 0.000000330. The van der Waals surface area contributed by atoms with Gasteiger partial charge < -0.3 is 10.8 Å². The number of hydrogen-bond acceptors (Lipinski definition) is 4. The van der Waals surface area contributed by atoms with Crippen molar-refractivity contribution < 1.29 is 9.90 Å². The monoisotopic (exact) mass is 241 g/mol. The maximum atomic E-state index is 9.24. The first-order valence-corrected chi connectivity index (χ1v) is 4.31. The number of nitrogens with two attached hydrogens (primary N) is 1. The molecule has 0 spiro atoms. The number of carbonyl (C=O) groups is 1. The Morgan fingerprint density at radius 1 is 1.19 bits per heavy atom. The molecule has 3 N–H and O–H groups in total. The third-order valence-electron chi connectivity index (χ3n) is 1.55. The average molecular weight is 242 g/mol. The lowest BCUT2D eigenvalue weighted by Crippen LogP contribution is -2.10. The van der Waals surface area contributed by atoms with Gasteiger partial charge in [-0.05, 0) is 12.1 Å². The largest absolute Gasteiger partial charge is 0.480 e. The second-order valence-corrected chi connectivity index (χ2v) is 2.64. The van der Waals surface area contributed by atoms with E-state index in [2.05, 4.69) is 15.7 Å². The number of halogens is 1. The summed E-state index contributed by atoms with van der Waals surface area (Å²) in [5, 5.41) is 7.60. The minimum atomic E-state index is -0.968. The molecule has 5 nitrogen and oxygen atoms in total. The van der Waals surface area contributed by atoms with Crippen molar-refractivity contribution in [1.29, 1.82) is 0 Å². The van der Waals surface area contributed by atoms with Crippen LogP contribution in [0.2, 0.25) is 0 Å². The summed E-state index contributed by atoms with van der Waals surface area (Å²) in [6.45, 7) is -0.278. The van der Waals surface area contributed by atoms with Crippen molar-refractivity contribution in [3.8, 4) is 0 Å². The lowest BCUT2D eigenvalue weighted by molar-refractivity contribution is -0.135. The van der Waals surface area contributed by atoms with E-state index in [4.69, 9.17) is 5.11 Å². The van der Waals surface area contributed by atoms with Gasteiger partial charge in [-0.15, -0.1) is 12.4 Å². The summed E-state index contributed by atoms with van der Waals surface area (Å²) in [7, 11) is 0. The van der Waals surface area contributed by atoms with Crippen molar-refractivity contribution in [2.75, 3.05) is 6.54 Å². The number of fused-ring (bicyclic) bond motifs is 1. The molecule has 16 heavy (non-hydrogen) atoms. The Labute approximate surface area is 98.7 Å². The lowest BCUT2D eigenvalue weighted by Gasteiger charge is -1.90. The Hall–Kier alpha value is -1.72. The summed E-state index contributed by atoms with van der Waals surface area (Å²) >= 11 is 0. The molecule has 0 aliphatic rings. The highest BCUT2D eigenvalue weighted by Crippen LogP contribution is 2.04. The fourth-order valence-corrected chi connectivity index (χ4v) is 0.910. The van der Waals surface area contributed by atoms with Crippen molar-refractivity contribution in [1.82, 2.24) is 9.97 Å². The van der Waals surface area contributed by atoms with Gasteiger partial charge in [-0.2, -0.15) is 0 Å². The number of benzene rings is 1. The molecule has 1 aromatic carbocycles. The predicted octanol–water partition coefficient (Wildman–Crippen LogP) is 1.08. The molecule has 0 aliphatic carbocycles. The molecule has 0 radical (unpaired) electrons. The van der Waals surface area contributed by atoms with Crippen LogP contribution in [0.5, 0.6) is 0 Å². The van der Waals surface area contributed by atoms with Gasteiger partial charge in [-0.1, -0.05) is 12.1 Å². The van der Waals surface area contributed by atoms with E-state index in [1.807, 2.05) is 24.3 Å². The Kier molecular flexibility index (Phi) is 6.74. The van der Waals surface area contributed by atoms with Crippen LogP contribution >= 0.6 is 12.4 Å². The quantitative estimate of drug-likeness (QED) is 0.780. The minimum Gasteiger partial charge on any atom is -0.480 e. The Morgan fingerprint density at radius 2 is 1.56 bits per heavy atom. The summed E-state index contributed by atoms with van der Waals surface area (Å²) in [6.07, 6.45) is 3.39. The van der Waals surface area contributed by atoms with Gasteiger partial charge in [-0.25, -0.2) is 0 Å². The first-order chi connectivity index (χ1) is 7.24. The maximum absolute atomic E-state index is 9.24. The SMILES string of the molecule is Cl.NCC(=O)O.c1ccc2nccnc2c1. The van der Waals surface area contributed by atoms with Crippen molar-refractivity contribution in [2.24, 2.45) is 5.73 Å². The van der Waals surface area contributed by atoms with E-state index in [1.165, 1.54) is 0 Å². The number of hydrogen-bond donors (Lipinski definition) is 2. The van der Waals surface area contributed by atoms with Crippen molar-refractivity contribution in [3.05, 3.63) is 36.7 Å². The molecule has 0 saturated carbocycles. The lowest BCUT2D eigenvalue weighted by atomic mass is 10.3. The number of para-hydroxylation sites is 2. The zero-order chi connectivity index (χ0) is 11.1. The molecule has 6 heteroatoms. The van der Waals surface area contributed by atoms with Gasteiger partial charge in [0.1, 0.15) is 0 Å². The average Bonchev–Trinajstić information content (AvgIpc) is 2.30. The van der Waals surface area contributed by atoms with E-state index in [-0.39, 0.29) is 19.0 Å². The normalized spacial score (nSPS) is 8.56. The van der Waals surface area contributed by atoms with Crippen LogP contribution < -0.4 is 5.73 Å². The molecule has 2 aromatic rings. The van der Waals surface area contributed by atoms with Crippen molar-refractivity contribution in [3.63, 3.8) is 0 Å². The van der Waals surface area contributed by atoms with Crippen LogP contribution in [0.15, 0.2) is 36.7 Å². The molecule has 0 atom stereocenters. The molecule has 0 saturated heterocycles. The van der Waals surface area contributed by atoms with Gasteiger partial charge in [-0.3, -0.25) is 14.8 Å². The molecule has 0 aliphatic heterocycles. The second kappa shape index (κ2) is 7.56. The van der Waals surface area contributed by atoms with Crippen molar-refractivity contribution in [2.45, 2.75) is 0 Å². The highest BCUT2D eigenvalue weighted by molar-refractivity contribution is 5.85. The van der Waals surface area contributed by atoms with E-state index in [0.29, 0.717) is 0 Å². The molecular formula is C10H12ClN3O2. The van der Waals surface area contributed by atoms with Crippen molar-refractivity contribution >= 4 is 29.4 Å². The molecular weight excluding hydrogens is 230 g/mol. The Morgan fingerprint density at radius 3 is 1.88 bits per heavy atom. The van der Waals surface area contributed by atoms with E-state index in [9.17, 15) is 4.79 Å². The highest BCUT2D eigenvalue weighted by Gasteiger charge is 1.88. The van der Waals surface area contributed by atoms with Gasteiger partial charge in [0, 0.05) is 12.4 Å². The zero-order valence-corrected chi connectivity index (χ0v) is 9.22. The number of aliphatic carboxylic acids is 1. The van der Waals surface area contributed by atoms with Gasteiger partial charge in [0.2, 0.25) is 0 Å². The summed E-state index contributed by atoms with van der Waals surface area (Å²) in [5.41, 5.74) is 6.47. The summed E-state index contributed by atoms with van der Waals surface area (Å²) in [6, 6.07) is 7.80. The van der Waals surface area contributed by atoms with Crippen LogP contribution in [0, 0.1) is 0 Å². The van der Waals surface area contributed by atoms with Gasteiger partial charge >= 0.3 is 5.97 Å². The first kappa shape index (κ1) is 14.3. The molecule has 1 heterocycles. The fourth-order valence-electron chi connectivity index (χ4n) is 0.910. The molecule has 2 rings (SSSR count). The van der Waals surface area contributed by atoms with Gasteiger partial charge in [0.15, 0.2) is 0 Å². The molecule has 0 fully saturated rings. The van der Waals surface area contributed by atoms with Crippen LogP contribution in [0.25, 0.3) is 11.0 Å². The second-order valence-electron chi connectivity index (χ2n) is 2.64. The van der Waals surface area contributed by atoms with E-state index in [0.717, 1.165) is 11.0 Å². The molecule has 1 aromatic heterocycles. The molecule has 86 valence electrons. The number of carboxylic acids is 1. The number of carboxylic acid groups (broad SMARTS) is 1. The Bertz CT molecular complexity index is 385. The van der Waals surface area contributed by atoms with Gasteiger partial charge in [0.05, 0.1) is 17.6 Å². The van der Waals surface area contributed by atoms with Crippen LogP contribution in [-0.2, 0) is 4.79 Å². The van der Waals surface area contributed by atoms with Gasteiger partial charge in [0.25, 0.3) is 0 Å². The van der Waals surface area contributed by atoms with Crippen LogP contribution in [0.3, 0.4) is 0 Å². The number of aromatic nitrogens is 2. The standard InChI is InChI=1S/C8H6N2.C2H5NO2.ClH/c1-2-4-8-7(3-1)9-5-6-10-8;3-1-2(4)5;/h1-6H;1,3H2,(H,4,5);1H. The third kappa shape index (κ3) is 4.68. The first-order valence-electron chi connectivity index (χ1n) is 4.31. The topological polar surface area (TPSA) is 89.1 Å². The smallest absolute Gasteiger partial charge is 0.317 e. The molecule has 0 amide bonds. The summed E-state index contributed by atoms with van der Waals surface area (Å²) in [5.74, 6) is -0.968.